The molecule has 23 heavy (non-hydrogen) atoms. The third kappa shape index (κ3) is 3.73. The number of rotatable bonds is 5. The molecule has 2 atom stereocenters. The van der Waals surface area contributed by atoms with E-state index in [1.807, 2.05) is 43.3 Å². The maximum absolute atomic E-state index is 12.3. The van der Waals surface area contributed by atoms with Crippen LogP contribution in [0.4, 0.5) is 0 Å². The molecule has 0 aliphatic rings. The Morgan fingerprint density at radius 1 is 1.04 bits per heavy atom. The fourth-order valence-corrected chi connectivity index (χ4v) is 3.22. The minimum atomic E-state index is -0.851. The first kappa shape index (κ1) is 17.5. The van der Waals surface area contributed by atoms with Crippen LogP contribution in [-0.4, -0.2) is 17.9 Å². The average Bonchev–Trinajstić information content (AvgIpc) is 2.46. The molecule has 0 aliphatic heterocycles. The van der Waals surface area contributed by atoms with E-state index < -0.39 is 11.9 Å². The maximum Gasteiger partial charge on any atom is 0.317 e. The molecule has 0 aromatic heterocycles. The van der Waals surface area contributed by atoms with Crippen LogP contribution in [0.1, 0.15) is 39.2 Å². The first-order valence-corrected chi connectivity index (χ1v) is 8.08. The lowest BCUT2D eigenvalue weighted by atomic mass is 9.84. The van der Waals surface area contributed by atoms with Crippen molar-refractivity contribution in [3.8, 4) is 0 Å². The number of halogens is 1. The Bertz CT molecular complexity index is 736. The second kappa shape index (κ2) is 7.14. The van der Waals surface area contributed by atoms with E-state index in [-0.39, 0.29) is 17.8 Å². The van der Waals surface area contributed by atoms with Gasteiger partial charge in [-0.3, -0.25) is 9.59 Å². The molecular weight excluding hydrogens is 312 g/mol. The zero-order chi connectivity index (χ0) is 17.1. The summed E-state index contributed by atoms with van der Waals surface area (Å²) in [5, 5.41) is 2.52. The molecule has 0 spiro atoms. The van der Waals surface area contributed by atoms with Gasteiger partial charge in [-0.25, -0.2) is 0 Å². The van der Waals surface area contributed by atoms with Gasteiger partial charge in [0.15, 0.2) is 0 Å². The number of Topliss-reactive ketones (excluding diaryl/α,β-unsaturated/α-hetero) is 1. The summed E-state index contributed by atoms with van der Waals surface area (Å²) in [6, 6.07) is 11.6. The van der Waals surface area contributed by atoms with Crippen LogP contribution in [0.3, 0.4) is 0 Å². The van der Waals surface area contributed by atoms with Gasteiger partial charge in [-0.2, -0.15) is 0 Å². The van der Waals surface area contributed by atoms with Crippen LogP contribution in [0.5, 0.6) is 0 Å². The van der Waals surface area contributed by atoms with Crippen LogP contribution in [-0.2, 0) is 14.3 Å². The van der Waals surface area contributed by atoms with Gasteiger partial charge in [-0.15, -0.1) is 0 Å². The molecule has 0 saturated heterocycles. The molecule has 0 saturated carbocycles. The molecule has 3 nitrogen and oxygen atoms in total. The fraction of sp³-hybridized carbons (Fsp3) is 0.368. The van der Waals surface area contributed by atoms with Crippen molar-refractivity contribution in [3.63, 3.8) is 0 Å². The van der Waals surface area contributed by atoms with Crippen molar-refractivity contribution in [1.82, 2.24) is 0 Å². The van der Waals surface area contributed by atoms with Gasteiger partial charge in [-0.05, 0) is 31.7 Å². The molecule has 0 heterocycles. The highest BCUT2D eigenvalue weighted by Gasteiger charge is 2.33. The molecule has 0 bridgehead atoms. The predicted molar refractivity (Wildman–Crippen MR) is 92.8 cm³/mol. The van der Waals surface area contributed by atoms with E-state index >= 15 is 0 Å². The van der Waals surface area contributed by atoms with E-state index in [1.54, 1.807) is 13.8 Å². The molecule has 2 aromatic rings. The summed E-state index contributed by atoms with van der Waals surface area (Å²) >= 11 is 6.53. The van der Waals surface area contributed by atoms with Gasteiger partial charge in [0, 0.05) is 11.3 Å². The topological polar surface area (TPSA) is 43.4 Å². The quantitative estimate of drug-likeness (QED) is 0.586. The molecule has 0 radical (unpaired) electrons. The van der Waals surface area contributed by atoms with Crippen molar-refractivity contribution < 1.29 is 14.3 Å². The average molecular weight is 333 g/mol. The summed E-state index contributed by atoms with van der Waals surface area (Å²) in [6.07, 6.45) is -0.261. The first-order valence-electron chi connectivity index (χ1n) is 7.71. The number of ketones is 1. The molecule has 0 fully saturated rings. The fourth-order valence-electron chi connectivity index (χ4n) is 2.81. The zero-order valence-corrected chi connectivity index (χ0v) is 14.6. The Morgan fingerprint density at radius 2 is 1.70 bits per heavy atom. The summed E-state index contributed by atoms with van der Waals surface area (Å²) in [6.45, 7) is 6.78. The minimum absolute atomic E-state index is 0.215. The van der Waals surface area contributed by atoms with Crippen LogP contribution in [0.15, 0.2) is 36.4 Å². The van der Waals surface area contributed by atoms with Crippen molar-refractivity contribution in [2.45, 2.75) is 39.7 Å². The Labute approximate surface area is 141 Å². The molecule has 2 unspecified atom stereocenters. The normalized spacial score (nSPS) is 13.8. The van der Waals surface area contributed by atoms with Crippen molar-refractivity contribution >= 4 is 34.1 Å². The summed E-state index contributed by atoms with van der Waals surface area (Å²) in [5.41, 5.74) is 0.784. The van der Waals surface area contributed by atoms with E-state index in [0.29, 0.717) is 5.02 Å². The molecule has 0 N–H and O–H groups in total. The van der Waals surface area contributed by atoms with Crippen LogP contribution in [0.2, 0.25) is 5.02 Å². The Balaban J connectivity index is 2.44. The Kier molecular flexibility index (Phi) is 5.42. The summed E-state index contributed by atoms with van der Waals surface area (Å²) < 4.78 is 5.24. The highest BCUT2D eigenvalue weighted by atomic mass is 35.5. The molecule has 2 rings (SSSR count). The lowest BCUT2D eigenvalue weighted by Gasteiger charge is -2.23. The van der Waals surface area contributed by atoms with Crippen molar-refractivity contribution in [1.29, 1.82) is 0 Å². The van der Waals surface area contributed by atoms with E-state index in [0.717, 1.165) is 16.3 Å². The zero-order valence-electron chi connectivity index (χ0n) is 13.8. The molecular formula is C19H21ClO3. The van der Waals surface area contributed by atoms with Gasteiger partial charge in [0.1, 0.15) is 11.7 Å². The van der Waals surface area contributed by atoms with Crippen LogP contribution < -0.4 is 0 Å². The number of hydrogen-bond donors (Lipinski definition) is 0. The van der Waals surface area contributed by atoms with Crippen LogP contribution in [0.25, 0.3) is 10.8 Å². The smallest absolute Gasteiger partial charge is 0.317 e. The Hall–Kier alpha value is -1.87. The van der Waals surface area contributed by atoms with E-state index in [2.05, 4.69) is 0 Å². The SMILES string of the molecule is CC(=O)C(C(=O)OC(C)C)C(C)c1ccc2ccccc2c1Cl. The highest BCUT2D eigenvalue weighted by molar-refractivity contribution is 6.36. The number of carbonyl (C=O) groups excluding carboxylic acids is 2. The summed E-state index contributed by atoms with van der Waals surface area (Å²) in [4.78, 5) is 24.3. The second-order valence-electron chi connectivity index (χ2n) is 6.05. The lowest BCUT2D eigenvalue weighted by Crippen LogP contribution is -2.31. The number of hydrogen-bond acceptors (Lipinski definition) is 3. The number of fused-ring (bicyclic) bond motifs is 1. The first-order chi connectivity index (χ1) is 10.8. The highest BCUT2D eigenvalue weighted by Crippen LogP contribution is 2.36. The van der Waals surface area contributed by atoms with Crippen molar-refractivity contribution in [2.75, 3.05) is 0 Å². The van der Waals surface area contributed by atoms with Gasteiger partial charge in [0.25, 0.3) is 0 Å². The molecule has 0 amide bonds. The minimum Gasteiger partial charge on any atom is -0.462 e. The van der Waals surface area contributed by atoms with Gasteiger partial charge in [0.05, 0.1) is 11.1 Å². The van der Waals surface area contributed by atoms with Crippen molar-refractivity contribution in [3.05, 3.63) is 47.0 Å². The lowest BCUT2D eigenvalue weighted by molar-refractivity contribution is -0.155. The van der Waals surface area contributed by atoms with E-state index in [1.165, 1.54) is 6.92 Å². The molecule has 2 aromatic carbocycles. The Morgan fingerprint density at radius 3 is 2.30 bits per heavy atom. The van der Waals surface area contributed by atoms with E-state index in [4.69, 9.17) is 16.3 Å². The third-order valence-electron chi connectivity index (χ3n) is 3.93. The third-order valence-corrected chi connectivity index (χ3v) is 4.35. The predicted octanol–water partition coefficient (Wildman–Crippen LogP) is 4.75. The molecule has 122 valence electrons. The maximum atomic E-state index is 12.3. The largest absolute Gasteiger partial charge is 0.462 e. The standard InChI is InChI=1S/C19H21ClO3/c1-11(2)23-19(22)17(13(4)21)12(3)15-10-9-14-7-5-6-8-16(14)18(15)20/h5-12,17H,1-4H3. The summed E-state index contributed by atoms with van der Waals surface area (Å²) in [7, 11) is 0. The van der Waals surface area contributed by atoms with Crippen molar-refractivity contribution in [2.24, 2.45) is 5.92 Å². The second-order valence-corrected chi connectivity index (χ2v) is 6.43. The van der Waals surface area contributed by atoms with E-state index in [9.17, 15) is 9.59 Å². The van der Waals surface area contributed by atoms with Gasteiger partial charge < -0.3 is 4.74 Å². The van der Waals surface area contributed by atoms with Gasteiger partial charge in [0.2, 0.25) is 0 Å². The number of carbonyl (C=O) groups is 2. The summed E-state index contributed by atoms with van der Waals surface area (Å²) in [5.74, 6) is -1.91. The molecule has 0 aliphatic carbocycles. The number of esters is 1. The monoisotopic (exact) mass is 332 g/mol. The van der Waals surface area contributed by atoms with Crippen LogP contribution in [0, 0.1) is 5.92 Å². The number of ether oxygens (including phenoxy) is 1. The molecule has 4 heteroatoms. The van der Waals surface area contributed by atoms with Gasteiger partial charge >= 0.3 is 5.97 Å². The van der Waals surface area contributed by atoms with Gasteiger partial charge in [-0.1, -0.05) is 54.9 Å². The van der Waals surface area contributed by atoms with Crippen LogP contribution >= 0.6 is 11.6 Å². The number of benzene rings is 2.